The molecule has 0 amide bonds. The molecule has 1 aliphatic heterocycles. The van der Waals surface area contributed by atoms with Gasteiger partial charge in [0.05, 0.1) is 12.5 Å². The molecule has 11 heavy (non-hydrogen) atoms. The lowest BCUT2D eigenvalue weighted by Crippen LogP contribution is -2.25. The molecule has 0 saturated carbocycles. The minimum Gasteiger partial charge on any atom is -0.481 e. The van der Waals surface area contributed by atoms with Gasteiger partial charge in [-0.25, -0.2) is 0 Å². The van der Waals surface area contributed by atoms with Crippen LogP contribution in [0.3, 0.4) is 0 Å². The number of carboxylic acids is 1. The van der Waals surface area contributed by atoms with E-state index in [-0.39, 0.29) is 12.0 Å². The minimum absolute atomic E-state index is 0.223. The molecule has 2 atom stereocenters. The van der Waals surface area contributed by atoms with Gasteiger partial charge in [-0.1, -0.05) is 0 Å². The average Bonchev–Trinajstić information content (AvgIpc) is 2.37. The van der Waals surface area contributed by atoms with Crippen LogP contribution in [0.2, 0.25) is 0 Å². The van der Waals surface area contributed by atoms with Crippen LogP contribution in [0.4, 0.5) is 0 Å². The summed E-state index contributed by atoms with van der Waals surface area (Å²) in [5.41, 5.74) is 0. The summed E-state index contributed by atoms with van der Waals surface area (Å²) in [6.07, 6.45) is 0.684. The largest absolute Gasteiger partial charge is 0.481 e. The maximum absolute atomic E-state index is 10.5. The number of methoxy groups -OCH3 is 1. The van der Waals surface area contributed by atoms with Gasteiger partial charge < -0.3 is 15.2 Å². The number of ether oxygens (including phenoxy) is 1. The van der Waals surface area contributed by atoms with Crippen LogP contribution in [0.5, 0.6) is 0 Å². The van der Waals surface area contributed by atoms with Crippen LogP contribution < -0.4 is 5.32 Å². The molecular formula is C7H13NO3. The van der Waals surface area contributed by atoms with Crippen molar-refractivity contribution in [2.75, 3.05) is 20.3 Å². The molecule has 0 radical (unpaired) electrons. The van der Waals surface area contributed by atoms with Crippen molar-refractivity contribution in [1.82, 2.24) is 5.32 Å². The summed E-state index contributed by atoms with van der Waals surface area (Å²) in [5, 5.41) is 11.7. The molecule has 4 heteroatoms. The SMILES string of the molecule is COC[C@H]1C[C@@H](C(=O)O)CN1. The highest BCUT2D eigenvalue weighted by Crippen LogP contribution is 2.13. The van der Waals surface area contributed by atoms with Crippen LogP contribution in [-0.2, 0) is 9.53 Å². The molecular weight excluding hydrogens is 146 g/mol. The van der Waals surface area contributed by atoms with Gasteiger partial charge in [0.1, 0.15) is 0 Å². The Morgan fingerprint density at radius 3 is 3.00 bits per heavy atom. The van der Waals surface area contributed by atoms with E-state index in [0.29, 0.717) is 19.6 Å². The first-order valence-corrected chi connectivity index (χ1v) is 3.69. The summed E-state index contributed by atoms with van der Waals surface area (Å²) in [7, 11) is 1.62. The standard InChI is InChI=1S/C7H13NO3/c1-11-4-6-2-5(3-8-6)7(9)10/h5-6,8H,2-4H2,1H3,(H,9,10)/t5-,6-/m1/s1. The number of rotatable bonds is 3. The molecule has 0 aromatic carbocycles. The Bertz CT molecular complexity index is 149. The molecule has 1 heterocycles. The van der Waals surface area contributed by atoms with Crippen molar-refractivity contribution in [3.63, 3.8) is 0 Å². The van der Waals surface area contributed by atoms with Crippen LogP contribution in [-0.4, -0.2) is 37.4 Å². The second kappa shape index (κ2) is 3.69. The lowest BCUT2D eigenvalue weighted by Gasteiger charge is -2.06. The number of carbonyl (C=O) groups is 1. The molecule has 1 fully saturated rings. The highest BCUT2D eigenvalue weighted by Gasteiger charge is 2.28. The van der Waals surface area contributed by atoms with Gasteiger partial charge in [-0.3, -0.25) is 4.79 Å². The topological polar surface area (TPSA) is 58.6 Å². The molecule has 2 N–H and O–H groups in total. The number of carboxylic acid groups (broad SMARTS) is 1. The van der Waals surface area contributed by atoms with Gasteiger partial charge in [0.25, 0.3) is 0 Å². The molecule has 0 spiro atoms. The highest BCUT2D eigenvalue weighted by atomic mass is 16.5. The Morgan fingerprint density at radius 1 is 1.82 bits per heavy atom. The third-order valence-corrected chi connectivity index (χ3v) is 1.94. The first-order chi connectivity index (χ1) is 5.24. The molecule has 1 rings (SSSR count). The van der Waals surface area contributed by atoms with Crippen LogP contribution in [0.1, 0.15) is 6.42 Å². The van der Waals surface area contributed by atoms with Gasteiger partial charge >= 0.3 is 5.97 Å². The Hall–Kier alpha value is -0.610. The van der Waals surface area contributed by atoms with E-state index in [9.17, 15) is 4.79 Å². The fourth-order valence-electron chi connectivity index (χ4n) is 1.34. The molecule has 64 valence electrons. The van der Waals surface area contributed by atoms with E-state index in [2.05, 4.69) is 5.32 Å². The van der Waals surface area contributed by atoms with Gasteiger partial charge in [-0.05, 0) is 6.42 Å². The molecule has 1 saturated heterocycles. The molecule has 0 aliphatic carbocycles. The van der Waals surface area contributed by atoms with Gasteiger partial charge in [0.15, 0.2) is 0 Å². The smallest absolute Gasteiger partial charge is 0.307 e. The zero-order valence-corrected chi connectivity index (χ0v) is 6.54. The van der Waals surface area contributed by atoms with E-state index in [1.165, 1.54) is 0 Å². The summed E-state index contributed by atoms with van der Waals surface area (Å²) in [4.78, 5) is 10.5. The first-order valence-electron chi connectivity index (χ1n) is 3.69. The van der Waals surface area contributed by atoms with Crippen LogP contribution in [0, 0.1) is 5.92 Å². The summed E-state index contributed by atoms with van der Waals surface area (Å²) in [6, 6.07) is 0.223. The maximum Gasteiger partial charge on any atom is 0.307 e. The fourth-order valence-corrected chi connectivity index (χ4v) is 1.34. The lowest BCUT2D eigenvalue weighted by molar-refractivity contribution is -0.141. The Kier molecular flexibility index (Phi) is 2.84. The third-order valence-electron chi connectivity index (χ3n) is 1.94. The number of aliphatic carboxylic acids is 1. The Labute approximate surface area is 65.5 Å². The molecule has 1 aliphatic rings. The number of hydrogen-bond acceptors (Lipinski definition) is 3. The molecule has 0 bridgehead atoms. The Morgan fingerprint density at radius 2 is 2.55 bits per heavy atom. The molecule has 0 unspecified atom stereocenters. The van der Waals surface area contributed by atoms with Crippen molar-refractivity contribution < 1.29 is 14.6 Å². The van der Waals surface area contributed by atoms with E-state index in [1.807, 2.05) is 0 Å². The van der Waals surface area contributed by atoms with Crippen molar-refractivity contribution in [2.45, 2.75) is 12.5 Å². The number of hydrogen-bond donors (Lipinski definition) is 2. The van der Waals surface area contributed by atoms with Gasteiger partial charge in [0, 0.05) is 19.7 Å². The first kappa shape index (κ1) is 8.49. The minimum atomic E-state index is -0.712. The highest BCUT2D eigenvalue weighted by molar-refractivity contribution is 5.70. The van der Waals surface area contributed by atoms with Crippen LogP contribution in [0.25, 0.3) is 0 Å². The van der Waals surface area contributed by atoms with Crippen molar-refractivity contribution in [1.29, 1.82) is 0 Å². The summed E-state index contributed by atoms with van der Waals surface area (Å²) >= 11 is 0. The second-order valence-corrected chi connectivity index (χ2v) is 2.83. The van der Waals surface area contributed by atoms with Gasteiger partial charge in [-0.2, -0.15) is 0 Å². The number of nitrogens with one attached hydrogen (secondary N) is 1. The van der Waals surface area contributed by atoms with Gasteiger partial charge in [-0.15, -0.1) is 0 Å². The summed E-state index contributed by atoms with van der Waals surface area (Å²) in [6.45, 7) is 1.17. The average molecular weight is 159 g/mol. The lowest BCUT2D eigenvalue weighted by atomic mass is 10.1. The quantitative estimate of drug-likeness (QED) is 0.593. The van der Waals surface area contributed by atoms with Crippen molar-refractivity contribution in [3.05, 3.63) is 0 Å². The predicted molar refractivity (Wildman–Crippen MR) is 39.4 cm³/mol. The molecule has 0 aromatic heterocycles. The van der Waals surface area contributed by atoms with E-state index < -0.39 is 5.97 Å². The molecule has 0 aromatic rings. The third kappa shape index (κ3) is 2.17. The Balaban J connectivity index is 2.29. The van der Waals surface area contributed by atoms with Crippen LogP contribution >= 0.6 is 0 Å². The monoisotopic (exact) mass is 159 g/mol. The van der Waals surface area contributed by atoms with Crippen molar-refractivity contribution >= 4 is 5.97 Å². The molecule has 4 nitrogen and oxygen atoms in total. The van der Waals surface area contributed by atoms with Gasteiger partial charge in [0.2, 0.25) is 0 Å². The zero-order chi connectivity index (χ0) is 8.27. The maximum atomic E-state index is 10.5. The summed E-state index contributed by atoms with van der Waals surface area (Å²) < 4.78 is 4.90. The zero-order valence-electron chi connectivity index (χ0n) is 6.54. The van der Waals surface area contributed by atoms with E-state index in [0.717, 1.165) is 0 Å². The van der Waals surface area contributed by atoms with E-state index in [4.69, 9.17) is 9.84 Å². The van der Waals surface area contributed by atoms with Crippen molar-refractivity contribution in [2.24, 2.45) is 5.92 Å². The van der Waals surface area contributed by atoms with Crippen molar-refractivity contribution in [3.8, 4) is 0 Å². The fraction of sp³-hybridized carbons (Fsp3) is 0.857. The normalized spacial score (nSPS) is 30.6. The van der Waals surface area contributed by atoms with E-state index >= 15 is 0 Å². The second-order valence-electron chi connectivity index (χ2n) is 2.83. The van der Waals surface area contributed by atoms with Crippen LogP contribution in [0.15, 0.2) is 0 Å². The summed E-state index contributed by atoms with van der Waals surface area (Å²) in [5.74, 6) is -0.939. The van der Waals surface area contributed by atoms with E-state index in [1.54, 1.807) is 7.11 Å². The predicted octanol–water partition coefficient (Wildman–Crippen LogP) is -0.304.